The van der Waals surface area contributed by atoms with Gasteiger partial charge in [0.2, 0.25) is 53.2 Å². The third kappa shape index (κ3) is 28.4. The van der Waals surface area contributed by atoms with Crippen molar-refractivity contribution >= 4 is 99.7 Å². The number of hydrogen-bond acceptors (Lipinski definition) is 19. The van der Waals surface area contributed by atoms with Crippen LogP contribution in [-0.2, 0) is 83.2 Å². The van der Waals surface area contributed by atoms with E-state index in [2.05, 4.69) is 67.8 Å². The Bertz CT molecular complexity index is 3570. The SMILES string of the molecule is CSCC[C@H](NC(=O)[C@H](CO)NC(=O)[C@H](Cc1ccc(O)cc1)NC(=O)[C@@H](N)CO)C(=O)N[C@@H](CCC(=O)O)C(=O)N[C@@H](Cc1cnc[nH]1)C(=O)N[C@@H](Cc1ccccc1)C(=O)N[C@@H](CCCN=C(N)N)C(=O)N[C@@H](Cc1c[nH]c2ccccc12)C(=O)NCC(=O)O.O=C(O)C(F)(F)F. The lowest BCUT2D eigenvalue weighted by Gasteiger charge is -2.28. The number of nitrogens with one attached hydrogen (secondary N) is 11. The van der Waals surface area contributed by atoms with Crippen LogP contribution >= 0.6 is 11.8 Å². The number of carboxylic acid groups (broad SMARTS) is 3. The largest absolute Gasteiger partial charge is 0.508 e. The van der Waals surface area contributed by atoms with E-state index in [1.807, 2.05) is 0 Å². The molecule has 538 valence electrons. The van der Waals surface area contributed by atoms with E-state index < -0.39 is 164 Å². The highest BCUT2D eigenvalue weighted by Gasteiger charge is 2.39. The van der Waals surface area contributed by atoms with Gasteiger partial charge in [-0.3, -0.25) is 57.7 Å². The van der Waals surface area contributed by atoms with E-state index in [0.717, 1.165) is 0 Å². The van der Waals surface area contributed by atoms with Gasteiger partial charge < -0.3 is 106 Å². The van der Waals surface area contributed by atoms with Crippen molar-refractivity contribution in [3.63, 3.8) is 0 Å². The van der Waals surface area contributed by atoms with Crippen LogP contribution in [0, 0.1) is 0 Å². The van der Waals surface area contributed by atoms with Crippen molar-refractivity contribution in [3.8, 4) is 5.75 Å². The maximum absolute atomic E-state index is 14.8. The minimum Gasteiger partial charge on any atom is -0.508 e. The third-order valence-corrected chi connectivity index (χ3v) is 15.0. The number of aromatic nitrogens is 3. The number of fused-ring (bicyclic) bond motifs is 1. The van der Waals surface area contributed by atoms with E-state index in [1.165, 1.54) is 48.6 Å². The summed E-state index contributed by atoms with van der Waals surface area (Å²) in [5, 5.41) is 79.1. The Hall–Kier alpha value is -10.9. The summed E-state index contributed by atoms with van der Waals surface area (Å²) in [5.74, 6) is -14.5. The van der Waals surface area contributed by atoms with Crippen LogP contribution in [0.15, 0.2) is 103 Å². The van der Waals surface area contributed by atoms with Gasteiger partial charge in [-0.1, -0.05) is 60.7 Å². The predicted octanol–water partition coefficient (Wildman–Crippen LogP) is -3.44. The average Bonchev–Trinajstić information content (AvgIpc) is 1.77. The normalized spacial score (nSPS) is 13.8. The van der Waals surface area contributed by atoms with Crippen LogP contribution in [-0.4, -0.2) is 221 Å². The molecule has 0 saturated carbocycles. The summed E-state index contributed by atoms with van der Waals surface area (Å²) >= 11 is 1.25. The molecule has 0 unspecified atom stereocenters. The minimum atomic E-state index is -5.08. The number of aliphatic imine (C=N–C) groups is 1. The Balaban J connectivity index is 0.00000281. The maximum Gasteiger partial charge on any atom is 0.490 e. The van der Waals surface area contributed by atoms with Gasteiger partial charge in [0.25, 0.3) is 0 Å². The summed E-state index contributed by atoms with van der Waals surface area (Å²) in [4.78, 5) is 173. The van der Waals surface area contributed by atoms with Crippen LogP contribution in [0.5, 0.6) is 5.75 Å². The molecule has 0 aliphatic heterocycles. The fourth-order valence-electron chi connectivity index (χ4n) is 9.25. The summed E-state index contributed by atoms with van der Waals surface area (Å²) in [7, 11) is 0. The molecule has 0 saturated heterocycles. The highest BCUT2D eigenvalue weighted by molar-refractivity contribution is 7.98. The zero-order valence-corrected chi connectivity index (χ0v) is 53.9. The number of imidazole rings is 1. The average molecular weight is 1410 g/mol. The van der Waals surface area contributed by atoms with Gasteiger partial charge in [-0.05, 0) is 72.6 Å². The van der Waals surface area contributed by atoms with Crippen LogP contribution < -0.4 is 65.1 Å². The molecule has 0 bridgehead atoms. The lowest BCUT2D eigenvalue weighted by atomic mass is 10.0. The Labute approximate surface area is 566 Å². The van der Waals surface area contributed by atoms with Gasteiger partial charge in [0.05, 0.1) is 19.5 Å². The number of alkyl halides is 3. The van der Waals surface area contributed by atoms with Crippen molar-refractivity contribution in [1.82, 2.24) is 62.8 Å². The number of amides is 9. The van der Waals surface area contributed by atoms with E-state index in [4.69, 9.17) is 27.1 Å². The fourth-order valence-corrected chi connectivity index (χ4v) is 9.72. The first-order chi connectivity index (χ1) is 46.9. The number of phenols is 1. The van der Waals surface area contributed by atoms with Gasteiger partial charge in [-0.15, -0.1) is 0 Å². The first kappa shape index (κ1) is 80.6. The molecule has 0 aliphatic carbocycles. The lowest BCUT2D eigenvalue weighted by Crippen LogP contribution is -2.61. The molecule has 0 aliphatic rings. The zero-order chi connectivity index (χ0) is 73.4. The molecule has 9 atom stereocenters. The number of aliphatic hydroxyl groups excluding tert-OH is 2. The van der Waals surface area contributed by atoms with E-state index in [1.54, 1.807) is 67.0 Å². The Morgan fingerprint density at radius 1 is 0.566 bits per heavy atom. The third-order valence-electron chi connectivity index (χ3n) is 14.4. The van der Waals surface area contributed by atoms with Crippen LogP contribution in [0.4, 0.5) is 13.2 Å². The van der Waals surface area contributed by atoms with Gasteiger partial charge in [0.15, 0.2) is 5.96 Å². The molecule has 5 aromatic rings. The Kier molecular flexibility index (Phi) is 33.1. The highest BCUT2D eigenvalue weighted by Crippen LogP contribution is 2.20. The second kappa shape index (κ2) is 40.6. The number of phenolic OH excluding ortho intramolecular Hbond substituents is 1. The number of hydrogen-bond donors (Lipinski definition) is 20. The number of H-pyrrole nitrogens is 2. The highest BCUT2D eigenvalue weighted by atomic mass is 32.2. The predicted molar refractivity (Wildman–Crippen MR) is 348 cm³/mol. The number of nitrogens with zero attached hydrogens (tertiary/aromatic N) is 2. The van der Waals surface area contributed by atoms with Gasteiger partial charge >= 0.3 is 24.1 Å². The van der Waals surface area contributed by atoms with Crippen molar-refractivity contribution in [3.05, 3.63) is 120 Å². The molecule has 2 aromatic heterocycles. The number of aliphatic hydroxyl groups is 2. The standard InChI is InChI=1S/C59H78N16O16S.C2HF3O2/c1-92-21-19-42(70-58(91)47(30-77)75-56(89)43(71-50(83)38(60)29-76)23-33-13-15-36(78)16-14-33)54(87)69-41(17-18-48(79)80)53(86)74-46(25-35-27-63-31-67-35)57(90)72-44(22-32-8-3-2-4-9-32)55(88)68-40(12-7-20-64-59(61)62)52(85)73-45(51(84)66-28-49(81)82)24-34-26-65-39-11-6-5-10-37(34)39;3-2(4,5)1(6)7/h2-6,8-11,13-16,26-27,31,38,40-47,65,76-78H,7,12,17-25,28-30,60H2,1H3,(H,63,67)(H,66,84)(H,68,88)(H,69,87)(H,70,91)(H,71,83)(H,72,90)(H,73,85)(H,74,86)(H,75,89)(H,79,80)(H,81,82)(H4,61,62,64);(H,6,7)/t38-,40-,41-,42-,43-,44-,45-,46-,47-;/m0./s1. The van der Waals surface area contributed by atoms with E-state index in [-0.39, 0.29) is 74.6 Å². The summed E-state index contributed by atoms with van der Waals surface area (Å²) in [6.07, 6.45) is -1.53. The number of carbonyl (C=O) groups excluding carboxylic acids is 9. The molecule has 99 heavy (non-hydrogen) atoms. The van der Waals surface area contributed by atoms with E-state index in [9.17, 15) is 91.4 Å². The monoisotopic (exact) mass is 1410 g/mol. The Morgan fingerprint density at radius 2 is 1.04 bits per heavy atom. The molecule has 38 heteroatoms. The molecule has 9 amide bonds. The molecule has 0 fully saturated rings. The molecule has 0 radical (unpaired) electrons. The van der Waals surface area contributed by atoms with Crippen LogP contribution in [0.3, 0.4) is 0 Å². The van der Waals surface area contributed by atoms with Crippen LogP contribution in [0.1, 0.15) is 54.5 Å². The number of guanidine groups is 1. The molecule has 5 rings (SSSR count). The van der Waals surface area contributed by atoms with Gasteiger partial charge in [0.1, 0.15) is 66.7 Å². The number of carboxylic acids is 3. The van der Waals surface area contributed by atoms with Crippen molar-refractivity contribution in [2.75, 3.05) is 38.3 Å². The van der Waals surface area contributed by atoms with Crippen LogP contribution in [0.2, 0.25) is 0 Å². The second-order valence-corrected chi connectivity index (χ2v) is 22.9. The first-order valence-corrected chi connectivity index (χ1v) is 31.6. The molecule has 34 nitrogen and oxygen atoms in total. The minimum absolute atomic E-state index is 0.0119. The van der Waals surface area contributed by atoms with Crippen molar-refractivity contribution in [2.24, 2.45) is 22.2 Å². The topological polar surface area (TPSA) is 569 Å². The fraction of sp³-hybridized carbons (Fsp3) is 0.410. The first-order valence-electron chi connectivity index (χ1n) is 30.2. The summed E-state index contributed by atoms with van der Waals surface area (Å²) < 4.78 is 31.7. The van der Waals surface area contributed by atoms with E-state index in [0.29, 0.717) is 27.6 Å². The van der Waals surface area contributed by atoms with E-state index >= 15 is 0 Å². The molecular formula is C61H79F3N16O18S. The number of halogens is 3. The van der Waals surface area contributed by atoms with Gasteiger partial charge in [0, 0.05) is 67.6 Å². The number of aromatic amines is 2. The van der Waals surface area contributed by atoms with Crippen molar-refractivity contribution < 1.29 is 101 Å². The van der Waals surface area contributed by atoms with Gasteiger partial charge in [-0.2, -0.15) is 24.9 Å². The molecular weight excluding hydrogens is 1330 g/mol. The number of nitrogens with two attached hydrogens (primary N) is 3. The maximum atomic E-state index is 14.8. The summed E-state index contributed by atoms with van der Waals surface area (Å²) in [6.45, 7) is -2.61. The number of benzene rings is 3. The summed E-state index contributed by atoms with van der Waals surface area (Å²) in [6, 6.07) is 7.09. The number of rotatable bonds is 39. The number of carbonyl (C=O) groups is 12. The molecule has 2 heterocycles. The molecule has 3 aromatic carbocycles. The molecule has 23 N–H and O–H groups in total. The van der Waals surface area contributed by atoms with Crippen LogP contribution in [0.25, 0.3) is 10.9 Å². The lowest BCUT2D eigenvalue weighted by molar-refractivity contribution is -0.192. The quantitative estimate of drug-likeness (QED) is 0.0103. The second-order valence-electron chi connectivity index (χ2n) is 21.9. The number of aromatic hydroxyl groups is 1. The number of aliphatic carboxylic acids is 3. The smallest absolute Gasteiger partial charge is 0.490 e. The van der Waals surface area contributed by atoms with Crippen molar-refractivity contribution in [2.45, 2.75) is 118 Å². The van der Waals surface area contributed by atoms with Crippen molar-refractivity contribution in [1.29, 1.82) is 0 Å². The number of thioether (sulfide) groups is 1. The summed E-state index contributed by atoms with van der Waals surface area (Å²) in [5.41, 5.74) is 19.3. The van der Waals surface area contributed by atoms with Gasteiger partial charge in [-0.25, -0.2) is 9.78 Å². The zero-order valence-electron chi connectivity index (χ0n) is 53.1. The number of para-hydroxylation sites is 1. The molecule has 0 spiro atoms. The Morgan fingerprint density at radius 3 is 1.55 bits per heavy atom.